The second kappa shape index (κ2) is 11.3. The second-order valence-corrected chi connectivity index (χ2v) is 5.89. The SMILES string of the molecule is C=CC(=O)NCCCC[C@H](CC(=O)OCc1ccccc1Cl)C(=O)O. The van der Waals surface area contributed by atoms with Gasteiger partial charge in [-0.15, -0.1) is 0 Å². The first-order valence-corrected chi connectivity index (χ1v) is 8.34. The Labute approximate surface area is 151 Å². The molecule has 1 rings (SSSR count). The van der Waals surface area contributed by atoms with Gasteiger partial charge in [0.05, 0.1) is 12.3 Å². The van der Waals surface area contributed by atoms with Crippen LogP contribution in [0.5, 0.6) is 0 Å². The minimum atomic E-state index is -1.04. The summed E-state index contributed by atoms with van der Waals surface area (Å²) in [5, 5.41) is 12.3. The smallest absolute Gasteiger partial charge is 0.307 e. The average molecular weight is 368 g/mol. The van der Waals surface area contributed by atoms with Gasteiger partial charge in [0.15, 0.2) is 0 Å². The van der Waals surface area contributed by atoms with Crippen molar-refractivity contribution in [1.82, 2.24) is 5.32 Å². The molecule has 0 aliphatic carbocycles. The molecule has 7 heteroatoms. The molecule has 1 aromatic carbocycles. The molecule has 136 valence electrons. The molecule has 1 atom stereocenters. The van der Waals surface area contributed by atoms with E-state index in [1.54, 1.807) is 24.3 Å². The monoisotopic (exact) mass is 367 g/mol. The zero-order chi connectivity index (χ0) is 18.7. The van der Waals surface area contributed by atoms with E-state index in [9.17, 15) is 19.5 Å². The highest BCUT2D eigenvalue weighted by molar-refractivity contribution is 6.31. The number of rotatable bonds is 11. The molecule has 6 nitrogen and oxygen atoms in total. The number of hydrogen-bond donors (Lipinski definition) is 2. The molecule has 0 radical (unpaired) electrons. The molecule has 1 amide bonds. The normalized spacial score (nSPS) is 11.4. The molecular weight excluding hydrogens is 346 g/mol. The third kappa shape index (κ3) is 8.35. The first kappa shape index (κ1) is 20.7. The summed E-state index contributed by atoms with van der Waals surface area (Å²) in [5.74, 6) is -2.69. The number of nitrogens with one attached hydrogen (secondary N) is 1. The van der Waals surface area contributed by atoms with Crippen LogP contribution in [0.25, 0.3) is 0 Å². The number of hydrogen-bond acceptors (Lipinski definition) is 4. The van der Waals surface area contributed by atoms with E-state index in [2.05, 4.69) is 11.9 Å². The van der Waals surface area contributed by atoms with Gasteiger partial charge in [-0.2, -0.15) is 0 Å². The van der Waals surface area contributed by atoms with Crippen LogP contribution in [0.3, 0.4) is 0 Å². The lowest BCUT2D eigenvalue weighted by Crippen LogP contribution is -2.23. The summed E-state index contributed by atoms with van der Waals surface area (Å²) in [6, 6.07) is 6.98. The summed E-state index contributed by atoms with van der Waals surface area (Å²) in [4.78, 5) is 34.1. The quantitative estimate of drug-likeness (QED) is 0.356. The van der Waals surface area contributed by atoms with Gasteiger partial charge in [-0.05, 0) is 25.0 Å². The molecule has 0 fully saturated rings. The Kier molecular flexibility index (Phi) is 9.32. The Bertz CT molecular complexity index is 617. The van der Waals surface area contributed by atoms with Crippen LogP contribution in [0.4, 0.5) is 0 Å². The number of halogens is 1. The summed E-state index contributed by atoms with van der Waals surface area (Å²) in [7, 11) is 0. The number of aliphatic carboxylic acids is 1. The second-order valence-electron chi connectivity index (χ2n) is 5.48. The molecule has 0 saturated carbocycles. The van der Waals surface area contributed by atoms with Crippen molar-refractivity contribution in [2.75, 3.05) is 6.54 Å². The van der Waals surface area contributed by atoms with Gasteiger partial charge >= 0.3 is 11.9 Å². The Hall–Kier alpha value is -2.34. The number of esters is 1. The number of benzene rings is 1. The highest BCUT2D eigenvalue weighted by Gasteiger charge is 2.22. The molecule has 0 aliphatic heterocycles. The van der Waals surface area contributed by atoms with Crippen LogP contribution >= 0.6 is 11.6 Å². The van der Waals surface area contributed by atoms with Crippen molar-refractivity contribution in [1.29, 1.82) is 0 Å². The van der Waals surface area contributed by atoms with Gasteiger partial charge in [0.1, 0.15) is 6.61 Å². The molecule has 0 unspecified atom stereocenters. The fraction of sp³-hybridized carbons (Fsp3) is 0.389. The molecule has 0 heterocycles. The van der Waals surface area contributed by atoms with Crippen LogP contribution in [-0.2, 0) is 25.7 Å². The lowest BCUT2D eigenvalue weighted by atomic mass is 9.98. The maximum absolute atomic E-state index is 11.9. The van der Waals surface area contributed by atoms with Crippen LogP contribution in [0, 0.1) is 5.92 Å². The van der Waals surface area contributed by atoms with E-state index < -0.39 is 17.9 Å². The van der Waals surface area contributed by atoms with Crippen molar-refractivity contribution in [3.8, 4) is 0 Å². The maximum Gasteiger partial charge on any atom is 0.307 e. The predicted octanol–water partition coefficient (Wildman–Crippen LogP) is 2.95. The highest BCUT2D eigenvalue weighted by Crippen LogP contribution is 2.18. The van der Waals surface area contributed by atoms with E-state index in [4.69, 9.17) is 16.3 Å². The third-order valence-electron chi connectivity index (χ3n) is 3.57. The van der Waals surface area contributed by atoms with Crippen LogP contribution in [0.1, 0.15) is 31.2 Å². The summed E-state index contributed by atoms with van der Waals surface area (Å²) in [6.07, 6.45) is 2.51. The zero-order valence-corrected chi connectivity index (χ0v) is 14.6. The van der Waals surface area contributed by atoms with E-state index in [0.717, 1.165) is 0 Å². The molecule has 0 aliphatic rings. The van der Waals surface area contributed by atoms with Crippen LogP contribution in [0.15, 0.2) is 36.9 Å². The third-order valence-corrected chi connectivity index (χ3v) is 3.94. The first-order valence-electron chi connectivity index (χ1n) is 7.96. The molecular formula is C18H22ClNO5. The van der Waals surface area contributed by atoms with Gasteiger partial charge < -0.3 is 15.2 Å². The van der Waals surface area contributed by atoms with E-state index in [1.165, 1.54) is 6.08 Å². The molecule has 0 aromatic heterocycles. The molecule has 0 spiro atoms. The number of carboxylic acid groups (broad SMARTS) is 1. The number of ether oxygens (including phenoxy) is 1. The van der Waals surface area contributed by atoms with E-state index in [1.807, 2.05) is 0 Å². The fourth-order valence-corrected chi connectivity index (χ4v) is 2.34. The number of carboxylic acids is 1. The van der Waals surface area contributed by atoms with Gasteiger partial charge in [0.2, 0.25) is 5.91 Å². The lowest BCUT2D eigenvalue weighted by Gasteiger charge is -2.12. The lowest BCUT2D eigenvalue weighted by molar-refractivity contribution is -0.152. The van der Waals surface area contributed by atoms with Crippen molar-refractivity contribution in [3.63, 3.8) is 0 Å². The molecule has 1 aromatic rings. The molecule has 25 heavy (non-hydrogen) atoms. The topological polar surface area (TPSA) is 92.7 Å². The summed E-state index contributed by atoms with van der Waals surface area (Å²) < 4.78 is 5.11. The van der Waals surface area contributed by atoms with Crippen LogP contribution in [0.2, 0.25) is 5.02 Å². The van der Waals surface area contributed by atoms with Crippen molar-refractivity contribution in [3.05, 3.63) is 47.5 Å². The van der Waals surface area contributed by atoms with Crippen LogP contribution in [-0.4, -0.2) is 29.5 Å². The number of carbonyl (C=O) groups is 3. The van der Waals surface area contributed by atoms with E-state index >= 15 is 0 Å². The summed E-state index contributed by atoms with van der Waals surface area (Å²) in [6.45, 7) is 3.79. The Morgan fingerprint density at radius 3 is 2.64 bits per heavy atom. The van der Waals surface area contributed by atoms with Gasteiger partial charge in [0.25, 0.3) is 0 Å². The molecule has 0 bridgehead atoms. The summed E-state index contributed by atoms with van der Waals surface area (Å²) >= 11 is 5.97. The highest BCUT2D eigenvalue weighted by atomic mass is 35.5. The molecule has 0 saturated heterocycles. The van der Waals surface area contributed by atoms with Crippen LogP contribution < -0.4 is 5.32 Å². The maximum atomic E-state index is 11.9. The zero-order valence-electron chi connectivity index (χ0n) is 13.9. The van der Waals surface area contributed by atoms with Crippen molar-refractivity contribution < 1.29 is 24.2 Å². The summed E-state index contributed by atoms with van der Waals surface area (Å²) in [5.41, 5.74) is 0.669. The van der Waals surface area contributed by atoms with Crippen molar-refractivity contribution in [2.45, 2.75) is 32.3 Å². The molecule has 2 N–H and O–H groups in total. The Balaban J connectivity index is 2.34. The number of carbonyl (C=O) groups excluding carboxylic acids is 2. The van der Waals surface area contributed by atoms with E-state index in [-0.39, 0.29) is 18.9 Å². The first-order chi connectivity index (χ1) is 11.9. The van der Waals surface area contributed by atoms with E-state index in [0.29, 0.717) is 36.4 Å². The number of unbranched alkanes of at least 4 members (excludes halogenated alkanes) is 1. The van der Waals surface area contributed by atoms with Gasteiger partial charge in [-0.3, -0.25) is 14.4 Å². The standard InChI is InChI=1S/C18H22ClNO5/c1-2-16(21)20-10-6-5-7-13(18(23)24)11-17(22)25-12-14-8-3-4-9-15(14)19/h2-4,8-9,13H,1,5-7,10-12H2,(H,20,21)(H,23,24)/t13-/m1/s1. The minimum absolute atomic E-state index is 0.0123. The average Bonchev–Trinajstić information content (AvgIpc) is 2.59. The van der Waals surface area contributed by atoms with Gasteiger partial charge in [-0.1, -0.05) is 42.8 Å². The van der Waals surface area contributed by atoms with Crippen molar-refractivity contribution >= 4 is 29.4 Å². The Morgan fingerprint density at radius 2 is 2.00 bits per heavy atom. The fourth-order valence-electron chi connectivity index (χ4n) is 2.15. The Morgan fingerprint density at radius 1 is 1.28 bits per heavy atom. The van der Waals surface area contributed by atoms with Gasteiger partial charge in [0, 0.05) is 17.1 Å². The van der Waals surface area contributed by atoms with Crippen molar-refractivity contribution in [2.24, 2.45) is 5.92 Å². The minimum Gasteiger partial charge on any atom is -0.481 e. The predicted molar refractivity (Wildman–Crippen MR) is 94.0 cm³/mol. The largest absolute Gasteiger partial charge is 0.481 e. The number of amides is 1. The van der Waals surface area contributed by atoms with Gasteiger partial charge in [-0.25, -0.2) is 0 Å².